The SMILES string of the molecule is CC(=O)c1ccc(Nc2ccc(C(=O)Nc3ccc(Cl)cc3C)nn2)cc1. The lowest BCUT2D eigenvalue weighted by molar-refractivity contribution is 0.101. The molecule has 0 radical (unpaired) electrons. The Morgan fingerprint density at radius 1 is 0.963 bits per heavy atom. The molecule has 1 aromatic heterocycles. The molecule has 0 fully saturated rings. The van der Waals surface area contributed by atoms with E-state index in [-0.39, 0.29) is 17.4 Å². The predicted molar refractivity (Wildman–Crippen MR) is 106 cm³/mol. The number of ketones is 1. The van der Waals surface area contributed by atoms with Crippen molar-refractivity contribution in [2.24, 2.45) is 0 Å². The second-order valence-corrected chi connectivity index (χ2v) is 6.41. The van der Waals surface area contributed by atoms with Crippen molar-refractivity contribution in [3.8, 4) is 0 Å². The van der Waals surface area contributed by atoms with Gasteiger partial charge in [0.1, 0.15) is 0 Å². The van der Waals surface area contributed by atoms with Crippen LogP contribution in [0.3, 0.4) is 0 Å². The van der Waals surface area contributed by atoms with Crippen LogP contribution in [0.5, 0.6) is 0 Å². The molecule has 7 heteroatoms. The van der Waals surface area contributed by atoms with Gasteiger partial charge < -0.3 is 10.6 Å². The van der Waals surface area contributed by atoms with Crippen LogP contribution in [-0.2, 0) is 0 Å². The van der Waals surface area contributed by atoms with Crippen molar-refractivity contribution >= 4 is 40.5 Å². The topological polar surface area (TPSA) is 84.0 Å². The minimum atomic E-state index is -0.356. The van der Waals surface area contributed by atoms with Crippen LogP contribution in [0.2, 0.25) is 5.02 Å². The molecule has 1 amide bonds. The third kappa shape index (κ3) is 4.68. The first kappa shape index (κ1) is 18.5. The fraction of sp³-hybridized carbons (Fsp3) is 0.100. The van der Waals surface area contributed by atoms with Crippen LogP contribution in [0.1, 0.15) is 33.3 Å². The number of Topliss-reactive ketones (excluding diaryl/α,β-unsaturated/α-hetero) is 1. The Morgan fingerprint density at radius 2 is 1.70 bits per heavy atom. The summed E-state index contributed by atoms with van der Waals surface area (Å²) in [5.41, 5.74) is 3.12. The van der Waals surface area contributed by atoms with E-state index in [0.717, 1.165) is 11.3 Å². The van der Waals surface area contributed by atoms with E-state index in [1.165, 1.54) is 6.92 Å². The smallest absolute Gasteiger partial charge is 0.276 e. The molecule has 6 nitrogen and oxygen atoms in total. The van der Waals surface area contributed by atoms with Gasteiger partial charge in [-0.05, 0) is 74.0 Å². The van der Waals surface area contributed by atoms with Gasteiger partial charge in [-0.1, -0.05) is 11.6 Å². The molecule has 0 saturated heterocycles. The molecule has 3 aromatic rings. The number of anilines is 3. The molecule has 2 N–H and O–H groups in total. The number of rotatable bonds is 5. The molecular formula is C20H17ClN4O2. The van der Waals surface area contributed by atoms with Crippen molar-refractivity contribution in [1.82, 2.24) is 10.2 Å². The first-order chi connectivity index (χ1) is 12.9. The molecule has 0 spiro atoms. The van der Waals surface area contributed by atoms with Gasteiger partial charge in [0, 0.05) is 22.0 Å². The first-order valence-corrected chi connectivity index (χ1v) is 8.59. The molecule has 27 heavy (non-hydrogen) atoms. The fourth-order valence-electron chi connectivity index (χ4n) is 2.41. The number of amides is 1. The van der Waals surface area contributed by atoms with Crippen molar-refractivity contribution in [2.75, 3.05) is 10.6 Å². The summed E-state index contributed by atoms with van der Waals surface area (Å²) < 4.78 is 0. The van der Waals surface area contributed by atoms with Crippen molar-refractivity contribution < 1.29 is 9.59 Å². The van der Waals surface area contributed by atoms with E-state index in [9.17, 15) is 9.59 Å². The molecule has 0 bridgehead atoms. The highest BCUT2D eigenvalue weighted by molar-refractivity contribution is 6.30. The number of aryl methyl sites for hydroxylation is 1. The van der Waals surface area contributed by atoms with E-state index in [0.29, 0.717) is 22.1 Å². The van der Waals surface area contributed by atoms with Crippen LogP contribution < -0.4 is 10.6 Å². The van der Waals surface area contributed by atoms with Crippen molar-refractivity contribution in [1.29, 1.82) is 0 Å². The van der Waals surface area contributed by atoms with Gasteiger partial charge in [0.25, 0.3) is 5.91 Å². The van der Waals surface area contributed by atoms with E-state index in [2.05, 4.69) is 20.8 Å². The van der Waals surface area contributed by atoms with E-state index in [1.54, 1.807) is 54.6 Å². The average Bonchev–Trinajstić information content (AvgIpc) is 2.65. The van der Waals surface area contributed by atoms with E-state index < -0.39 is 0 Å². The van der Waals surface area contributed by atoms with Crippen LogP contribution in [0.4, 0.5) is 17.2 Å². The standard InChI is InChI=1S/C20H17ClN4O2/c1-12-11-15(21)5-8-17(12)23-20(27)18-9-10-19(25-24-18)22-16-6-3-14(4-7-16)13(2)26/h3-11H,1-2H3,(H,22,25)(H,23,27). The van der Waals surface area contributed by atoms with Crippen molar-refractivity contribution in [2.45, 2.75) is 13.8 Å². The maximum Gasteiger partial charge on any atom is 0.276 e. The van der Waals surface area contributed by atoms with Crippen LogP contribution in [0, 0.1) is 6.92 Å². The summed E-state index contributed by atoms with van der Waals surface area (Å²) >= 11 is 5.92. The third-order valence-electron chi connectivity index (χ3n) is 3.90. The summed E-state index contributed by atoms with van der Waals surface area (Å²) in [6.45, 7) is 3.38. The lowest BCUT2D eigenvalue weighted by atomic mass is 10.1. The fourth-order valence-corrected chi connectivity index (χ4v) is 2.64. The largest absolute Gasteiger partial charge is 0.339 e. The highest BCUT2D eigenvalue weighted by atomic mass is 35.5. The monoisotopic (exact) mass is 380 g/mol. The molecule has 0 atom stereocenters. The van der Waals surface area contributed by atoms with Gasteiger partial charge in [0.15, 0.2) is 17.3 Å². The van der Waals surface area contributed by atoms with E-state index >= 15 is 0 Å². The summed E-state index contributed by atoms with van der Waals surface area (Å²) in [6, 6.07) is 15.5. The number of carbonyl (C=O) groups is 2. The average molecular weight is 381 g/mol. The number of halogens is 1. The van der Waals surface area contributed by atoms with Crippen LogP contribution in [0.25, 0.3) is 0 Å². The Kier molecular flexibility index (Phi) is 5.47. The Bertz CT molecular complexity index is 986. The summed E-state index contributed by atoms with van der Waals surface area (Å²) in [6.07, 6.45) is 0. The number of nitrogens with zero attached hydrogens (tertiary/aromatic N) is 2. The number of benzene rings is 2. The minimum absolute atomic E-state index is 0.00707. The molecule has 0 aliphatic carbocycles. The second kappa shape index (κ2) is 7.97. The zero-order valence-corrected chi connectivity index (χ0v) is 15.5. The van der Waals surface area contributed by atoms with Crippen LogP contribution in [-0.4, -0.2) is 21.9 Å². The highest BCUT2D eigenvalue weighted by Crippen LogP contribution is 2.20. The Hall–Kier alpha value is -3.25. The number of hydrogen-bond donors (Lipinski definition) is 2. The van der Waals surface area contributed by atoms with Gasteiger partial charge in [0.05, 0.1) is 0 Å². The number of hydrogen-bond acceptors (Lipinski definition) is 5. The Balaban J connectivity index is 1.67. The molecule has 0 unspecified atom stereocenters. The zero-order chi connectivity index (χ0) is 19.4. The number of carbonyl (C=O) groups excluding carboxylic acids is 2. The lowest BCUT2D eigenvalue weighted by Crippen LogP contribution is -2.15. The first-order valence-electron chi connectivity index (χ1n) is 8.21. The summed E-state index contributed by atoms with van der Waals surface area (Å²) in [5.74, 6) is 0.141. The predicted octanol–water partition coefficient (Wildman–Crippen LogP) is 4.64. The zero-order valence-electron chi connectivity index (χ0n) is 14.8. The molecule has 136 valence electrons. The van der Waals surface area contributed by atoms with E-state index in [4.69, 9.17) is 11.6 Å². The molecule has 1 heterocycles. The Morgan fingerprint density at radius 3 is 2.30 bits per heavy atom. The molecular weight excluding hydrogens is 364 g/mol. The maximum atomic E-state index is 12.3. The van der Waals surface area contributed by atoms with Crippen LogP contribution in [0.15, 0.2) is 54.6 Å². The quantitative estimate of drug-likeness (QED) is 0.630. The minimum Gasteiger partial charge on any atom is -0.339 e. The summed E-state index contributed by atoms with van der Waals surface area (Å²) in [4.78, 5) is 23.6. The van der Waals surface area contributed by atoms with Gasteiger partial charge in [-0.15, -0.1) is 10.2 Å². The van der Waals surface area contributed by atoms with Crippen molar-refractivity contribution in [3.05, 3.63) is 76.4 Å². The molecule has 0 saturated carbocycles. The van der Waals surface area contributed by atoms with E-state index in [1.807, 2.05) is 6.92 Å². The summed E-state index contributed by atoms with van der Waals surface area (Å²) in [7, 11) is 0. The molecule has 0 aliphatic rings. The van der Waals surface area contributed by atoms with Gasteiger partial charge in [-0.25, -0.2) is 0 Å². The Labute approximate surface area is 161 Å². The molecule has 2 aromatic carbocycles. The normalized spacial score (nSPS) is 10.3. The van der Waals surface area contributed by atoms with Crippen LogP contribution >= 0.6 is 11.6 Å². The number of nitrogens with one attached hydrogen (secondary N) is 2. The summed E-state index contributed by atoms with van der Waals surface area (Å²) in [5, 5.41) is 14.4. The van der Waals surface area contributed by atoms with Gasteiger partial charge in [-0.3, -0.25) is 9.59 Å². The molecule has 3 rings (SSSR count). The highest BCUT2D eigenvalue weighted by Gasteiger charge is 2.10. The van der Waals surface area contributed by atoms with Gasteiger partial charge >= 0.3 is 0 Å². The maximum absolute atomic E-state index is 12.3. The second-order valence-electron chi connectivity index (χ2n) is 5.98. The van der Waals surface area contributed by atoms with Gasteiger partial charge in [-0.2, -0.15) is 0 Å². The molecule has 0 aliphatic heterocycles. The van der Waals surface area contributed by atoms with Gasteiger partial charge in [0.2, 0.25) is 0 Å². The van der Waals surface area contributed by atoms with Crippen molar-refractivity contribution in [3.63, 3.8) is 0 Å². The lowest BCUT2D eigenvalue weighted by Gasteiger charge is -2.09. The number of aromatic nitrogens is 2. The third-order valence-corrected chi connectivity index (χ3v) is 4.13.